The first-order valence-electron chi connectivity index (χ1n) is 11.9. The van der Waals surface area contributed by atoms with Crippen molar-refractivity contribution in [3.63, 3.8) is 0 Å². The van der Waals surface area contributed by atoms with Crippen LogP contribution in [0.3, 0.4) is 0 Å². The maximum Gasteiger partial charge on any atom is 0.228 e. The van der Waals surface area contributed by atoms with Crippen LogP contribution in [-0.2, 0) is 11.2 Å². The lowest BCUT2D eigenvalue weighted by Crippen LogP contribution is -2.24. The number of imidazole rings is 1. The minimum atomic E-state index is -2.87. The van der Waals surface area contributed by atoms with Crippen LogP contribution in [0.1, 0.15) is 30.5 Å². The van der Waals surface area contributed by atoms with Crippen molar-refractivity contribution < 1.29 is 18.5 Å². The van der Waals surface area contributed by atoms with E-state index >= 15 is 0 Å². The van der Waals surface area contributed by atoms with Gasteiger partial charge in [-0.3, -0.25) is 4.79 Å². The maximum atomic E-state index is 12.5. The SMILES string of the molecule is [2H]c1c([2H])c(C([2H])([2H])[2H])c([2H])c([2H])c1-c1nc2ccc(C([2H])([2H])[2H])cn2c1CC(=O)N(C)C. The fourth-order valence-corrected chi connectivity index (χ4v) is 2.19. The Balaban J connectivity index is 2.41. The number of pyridine rings is 1. The van der Waals surface area contributed by atoms with Gasteiger partial charge in [-0.05, 0) is 25.3 Å². The van der Waals surface area contributed by atoms with E-state index in [9.17, 15) is 4.79 Å². The van der Waals surface area contributed by atoms with E-state index in [2.05, 4.69) is 4.98 Å². The average molecular weight is 317 g/mol. The zero-order valence-electron chi connectivity index (χ0n) is 22.7. The summed E-state index contributed by atoms with van der Waals surface area (Å²) in [7, 11) is 3.06. The van der Waals surface area contributed by atoms with E-state index < -0.39 is 43.4 Å². The molecule has 0 aliphatic rings. The Morgan fingerprint density at radius 1 is 1.22 bits per heavy atom. The van der Waals surface area contributed by atoms with E-state index in [0.717, 1.165) is 0 Å². The van der Waals surface area contributed by atoms with Crippen molar-refractivity contribution in [1.82, 2.24) is 14.3 Å². The van der Waals surface area contributed by atoms with E-state index in [-0.39, 0.29) is 40.5 Å². The van der Waals surface area contributed by atoms with E-state index in [0.29, 0.717) is 0 Å². The predicted molar refractivity (Wildman–Crippen MR) is 92.5 cm³/mol. The summed E-state index contributed by atoms with van der Waals surface area (Å²) >= 11 is 0. The Morgan fingerprint density at radius 2 is 1.96 bits per heavy atom. The van der Waals surface area contributed by atoms with Crippen molar-refractivity contribution in [2.75, 3.05) is 14.1 Å². The molecule has 118 valence electrons. The van der Waals surface area contributed by atoms with Gasteiger partial charge in [-0.1, -0.05) is 35.8 Å². The van der Waals surface area contributed by atoms with Crippen molar-refractivity contribution in [2.45, 2.75) is 20.1 Å². The van der Waals surface area contributed by atoms with Gasteiger partial charge in [0.05, 0.1) is 23.3 Å². The quantitative estimate of drug-likeness (QED) is 0.743. The fraction of sp³-hybridized carbons (Fsp3) is 0.263. The van der Waals surface area contributed by atoms with Gasteiger partial charge in [0.15, 0.2) is 0 Å². The highest BCUT2D eigenvalue weighted by molar-refractivity contribution is 5.81. The number of amides is 1. The molecule has 2 aromatic heterocycles. The van der Waals surface area contributed by atoms with Crippen molar-refractivity contribution >= 4 is 11.6 Å². The van der Waals surface area contributed by atoms with Gasteiger partial charge in [0, 0.05) is 34.1 Å². The first-order chi connectivity index (χ1) is 15.1. The number of hydrogen-bond acceptors (Lipinski definition) is 2. The molecule has 0 N–H and O–H groups in total. The fourth-order valence-electron chi connectivity index (χ4n) is 2.19. The summed E-state index contributed by atoms with van der Waals surface area (Å²) in [4.78, 5) is 18.2. The van der Waals surface area contributed by atoms with Crippen molar-refractivity contribution in [2.24, 2.45) is 0 Å². The maximum absolute atomic E-state index is 12.5. The first kappa shape index (κ1) is 7.30. The van der Waals surface area contributed by atoms with Crippen LogP contribution in [0.4, 0.5) is 0 Å². The molecule has 0 bridgehead atoms. The molecular formula is C19H21N3O. The Bertz CT molecular complexity index is 1230. The minimum absolute atomic E-state index is 0.0187. The lowest BCUT2D eigenvalue weighted by atomic mass is 10.1. The molecule has 0 saturated heterocycles. The van der Waals surface area contributed by atoms with Crippen LogP contribution < -0.4 is 0 Å². The monoisotopic (exact) mass is 317 g/mol. The Hall–Kier alpha value is -2.62. The van der Waals surface area contributed by atoms with Crippen LogP contribution in [-0.4, -0.2) is 34.3 Å². The van der Waals surface area contributed by atoms with Gasteiger partial charge >= 0.3 is 0 Å². The number of nitrogens with zero attached hydrogens (tertiary/aromatic N) is 3. The van der Waals surface area contributed by atoms with Crippen molar-refractivity contribution in [3.05, 3.63) is 59.3 Å². The number of aryl methyl sites for hydroxylation is 1. The first-order valence-corrected chi connectivity index (χ1v) is 6.88. The summed E-state index contributed by atoms with van der Waals surface area (Å²) in [5.41, 5.74) is -0.648. The Kier molecular flexibility index (Phi) is 1.87. The van der Waals surface area contributed by atoms with Crippen LogP contribution in [0.25, 0.3) is 16.9 Å². The normalized spacial score (nSPS) is 18.3. The molecule has 0 unspecified atom stereocenters. The Labute approximate surface area is 150 Å². The molecule has 1 aromatic carbocycles. The van der Waals surface area contributed by atoms with Gasteiger partial charge in [0.1, 0.15) is 5.65 Å². The topological polar surface area (TPSA) is 37.6 Å². The second-order valence-electron chi connectivity index (χ2n) is 5.27. The van der Waals surface area contributed by atoms with E-state index in [1.165, 1.54) is 41.7 Å². The number of likely N-dealkylation sites (N-methyl/N-ethyl adjacent to an activating group) is 1. The van der Waals surface area contributed by atoms with Gasteiger partial charge < -0.3 is 9.30 Å². The van der Waals surface area contributed by atoms with Gasteiger partial charge in [-0.2, -0.15) is 0 Å². The summed E-state index contributed by atoms with van der Waals surface area (Å²) in [6.07, 6.45) is 1.03. The molecule has 3 aromatic rings. The molecule has 0 saturated carbocycles. The number of aromatic nitrogens is 2. The highest BCUT2D eigenvalue weighted by Crippen LogP contribution is 2.26. The molecule has 0 aliphatic heterocycles. The van der Waals surface area contributed by atoms with Crippen LogP contribution >= 0.6 is 0 Å². The van der Waals surface area contributed by atoms with Crippen LogP contribution in [0, 0.1) is 13.7 Å². The summed E-state index contributed by atoms with van der Waals surface area (Å²) in [5, 5.41) is 0. The summed E-state index contributed by atoms with van der Waals surface area (Å²) in [5.74, 6) is -0.369. The molecule has 0 fully saturated rings. The molecule has 0 radical (unpaired) electrons. The van der Waals surface area contributed by atoms with Crippen LogP contribution in [0.15, 0.2) is 42.5 Å². The molecule has 0 atom stereocenters. The predicted octanol–water partition coefficient (Wildman–Crippen LogP) is 3.25. The third-order valence-electron chi connectivity index (χ3n) is 3.40. The van der Waals surface area contributed by atoms with Gasteiger partial charge in [-0.25, -0.2) is 4.98 Å². The zero-order chi connectivity index (χ0) is 25.0. The highest BCUT2D eigenvalue weighted by Gasteiger charge is 2.18. The molecule has 4 heteroatoms. The lowest BCUT2D eigenvalue weighted by molar-refractivity contribution is -0.128. The highest BCUT2D eigenvalue weighted by atomic mass is 16.2. The van der Waals surface area contributed by atoms with E-state index in [4.69, 9.17) is 13.7 Å². The molecule has 0 spiro atoms. The molecule has 0 aliphatic carbocycles. The second kappa shape index (κ2) is 5.88. The molecule has 4 nitrogen and oxygen atoms in total. The number of hydrogen-bond donors (Lipinski definition) is 0. The minimum Gasteiger partial charge on any atom is -0.348 e. The smallest absolute Gasteiger partial charge is 0.228 e. The zero-order valence-corrected chi connectivity index (χ0v) is 12.7. The second-order valence-corrected chi connectivity index (χ2v) is 5.27. The van der Waals surface area contributed by atoms with Gasteiger partial charge in [0.2, 0.25) is 5.91 Å². The summed E-state index contributed by atoms with van der Waals surface area (Å²) in [6, 6.07) is 0.0958. The van der Waals surface area contributed by atoms with Crippen LogP contribution in [0.2, 0.25) is 0 Å². The van der Waals surface area contributed by atoms with E-state index in [1.54, 1.807) is 0 Å². The number of fused-ring (bicyclic) bond motifs is 1. The molecule has 3 rings (SSSR count). The third kappa shape index (κ3) is 2.97. The molecular weight excluding hydrogens is 286 g/mol. The number of benzene rings is 1. The molecule has 2 heterocycles. The van der Waals surface area contributed by atoms with E-state index in [1.807, 2.05) is 0 Å². The number of carbonyl (C=O) groups is 1. The molecule has 1 amide bonds. The van der Waals surface area contributed by atoms with Gasteiger partial charge in [-0.15, -0.1) is 0 Å². The third-order valence-corrected chi connectivity index (χ3v) is 3.40. The standard InChI is InChI=1S/C19H21N3O/c1-13-5-8-15(9-6-13)19-16(11-18(23)21(3)4)22-12-14(2)7-10-17(22)20-19/h5-10,12H,11H2,1-4H3/i1D3,2D3,5D,6D,8D,9D. The van der Waals surface area contributed by atoms with Crippen molar-refractivity contribution in [3.8, 4) is 11.3 Å². The van der Waals surface area contributed by atoms with Crippen LogP contribution in [0.5, 0.6) is 0 Å². The average Bonchev–Trinajstić information content (AvgIpc) is 3.02. The number of rotatable bonds is 3. The Morgan fingerprint density at radius 3 is 2.61 bits per heavy atom. The summed E-state index contributed by atoms with van der Waals surface area (Å²) in [6.45, 7) is -5.30. The number of carbonyl (C=O) groups excluding carboxylic acids is 1. The summed E-state index contributed by atoms with van der Waals surface area (Å²) < 4.78 is 80.3. The van der Waals surface area contributed by atoms with Crippen molar-refractivity contribution in [1.29, 1.82) is 0 Å². The van der Waals surface area contributed by atoms with Gasteiger partial charge in [0.25, 0.3) is 0 Å². The largest absolute Gasteiger partial charge is 0.348 e. The molecule has 23 heavy (non-hydrogen) atoms. The lowest BCUT2D eigenvalue weighted by Gasteiger charge is -2.11.